The second kappa shape index (κ2) is 7.46. The van der Waals surface area contributed by atoms with Crippen molar-refractivity contribution < 1.29 is 14.3 Å². The van der Waals surface area contributed by atoms with Crippen LogP contribution in [-0.2, 0) is 27.2 Å². The largest absolute Gasteiger partial charge is 0.391 e. The number of nitrogens with two attached hydrogens (primary N) is 2. The van der Waals surface area contributed by atoms with E-state index in [1.165, 1.54) is 22.7 Å². The third kappa shape index (κ3) is 4.75. The first-order valence-corrected chi connectivity index (χ1v) is 8.18. The molecule has 4 N–H and O–H groups in total. The van der Waals surface area contributed by atoms with Crippen LogP contribution >= 0.6 is 22.7 Å². The smallest absolute Gasteiger partial charge is 0.330 e. The lowest BCUT2D eigenvalue weighted by Crippen LogP contribution is -2.41. The lowest BCUT2D eigenvalue weighted by Gasteiger charge is -2.12. The fourth-order valence-corrected chi connectivity index (χ4v) is 3.17. The summed E-state index contributed by atoms with van der Waals surface area (Å²) in [4.78, 5) is 24.5. The van der Waals surface area contributed by atoms with Gasteiger partial charge < -0.3 is 16.2 Å². The molecule has 2 heterocycles. The first-order valence-electron chi connectivity index (χ1n) is 6.36. The van der Waals surface area contributed by atoms with Crippen LogP contribution in [-0.4, -0.2) is 24.0 Å². The maximum absolute atomic E-state index is 11.8. The van der Waals surface area contributed by atoms with Gasteiger partial charge in [-0.1, -0.05) is 6.07 Å². The SMILES string of the molecule is N[C@@H](Cc1ccsc1)C(=O)OC(=O)[C@@H](N)Cc1cccs1. The molecule has 0 aliphatic carbocycles. The fourth-order valence-electron chi connectivity index (χ4n) is 1.73. The van der Waals surface area contributed by atoms with Gasteiger partial charge in [-0.05, 0) is 40.3 Å². The zero-order valence-electron chi connectivity index (χ0n) is 11.2. The summed E-state index contributed by atoms with van der Waals surface area (Å²) in [6.45, 7) is 0. The van der Waals surface area contributed by atoms with Crippen LogP contribution in [0.4, 0.5) is 0 Å². The Morgan fingerprint density at radius 2 is 1.81 bits per heavy atom. The lowest BCUT2D eigenvalue weighted by molar-refractivity contribution is -0.161. The minimum atomic E-state index is -0.863. The van der Waals surface area contributed by atoms with Crippen molar-refractivity contribution >= 4 is 34.6 Å². The molecule has 7 heteroatoms. The van der Waals surface area contributed by atoms with E-state index in [1.54, 1.807) is 0 Å². The Morgan fingerprint density at radius 3 is 2.38 bits per heavy atom. The van der Waals surface area contributed by atoms with Crippen LogP contribution in [0.15, 0.2) is 34.3 Å². The van der Waals surface area contributed by atoms with Crippen molar-refractivity contribution in [1.29, 1.82) is 0 Å². The van der Waals surface area contributed by atoms with Crippen molar-refractivity contribution in [1.82, 2.24) is 0 Å². The van der Waals surface area contributed by atoms with Gasteiger partial charge in [0.05, 0.1) is 0 Å². The standard InChI is InChI=1S/C14H16N2O3S2/c15-11(6-9-3-5-20-8-9)13(17)19-14(18)12(16)7-10-2-1-4-21-10/h1-5,8,11-12H,6-7,15-16H2/t11-,12-/m0/s1. The predicted octanol–water partition coefficient (Wildman–Crippen LogP) is 1.32. The van der Waals surface area contributed by atoms with Gasteiger partial charge in [-0.15, -0.1) is 11.3 Å². The molecule has 0 saturated heterocycles. The number of esters is 2. The van der Waals surface area contributed by atoms with E-state index in [9.17, 15) is 9.59 Å². The zero-order chi connectivity index (χ0) is 15.2. The summed E-state index contributed by atoms with van der Waals surface area (Å²) in [7, 11) is 0. The molecule has 0 radical (unpaired) electrons. The molecular formula is C14H16N2O3S2. The van der Waals surface area contributed by atoms with Crippen LogP contribution in [0.3, 0.4) is 0 Å². The van der Waals surface area contributed by atoms with Crippen molar-refractivity contribution in [2.75, 3.05) is 0 Å². The number of hydrogen-bond acceptors (Lipinski definition) is 7. The predicted molar refractivity (Wildman–Crippen MR) is 83.1 cm³/mol. The summed E-state index contributed by atoms with van der Waals surface area (Å²) in [5.74, 6) is -1.48. The van der Waals surface area contributed by atoms with Gasteiger partial charge in [0.25, 0.3) is 0 Å². The molecule has 2 rings (SSSR count). The van der Waals surface area contributed by atoms with Gasteiger partial charge in [0.1, 0.15) is 12.1 Å². The average molecular weight is 324 g/mol. The Hall–Kier alpha value is -1.54. The highest BCUT2D eigenvalue weighted by Gasteiger charge is 2.23. The van der Waals surface area contributed by atoms with Gasteiger partial charge in [-0.3, -0.25) is 0 Å². The third-order valence-corrected chi connectivity index (χ3v) is 4.47. The zero-order valence-corrected chi connectivity index (χ0v) is 12.9. The molecule has 0 saturated carbocycles. The van der Waals surface area contributed by atoms with E-state index in [1.807, 2.05) is 34.3 Å². The molecule has 2 aromatic heterocycles. The molecule has 0 fully saturated rings. The van der Waals surface area contributed by atoms with E-state index >= 15 is 0 Å². The monoisotopic (exact) mass is 324 g/mol. The average Bonchev–Trinajstić information content (AvgIpc) is 3.11. The number of hydrogen-bond donors (Lipinski definition) is 2. The van der Waals surface area contributed by atoms with E-state index in [-0.39, 0.29) is 0 Å². The molecule has 0 aliphatic heterocycles. The highest BCUT2D eigenvalue weighted by molar-refractivity contribution is 7.09. The van der Waals surface area contributed by atoms with Crippen LogP contribution in [0, 0.1) is 0 Å². The minimum Gasteiger partial charge on any atom is -0.391 e. The molecule has 0 aromatic carbocycles. The maximum Gasteiger partial charge on any atom is 0.330 e. The van der Waals surface area contributed by atoms with E-state index in [0.29, 0.717) is 12.8 Å². The Labute approximate surface area is 130 Å². The second-order valence-electron chi connectivity index (χ2n) is 4.57. The maximum atomic E-state index is 11.8. The van der Waals surface area contributed by atoms with Crippen LogP contribution in [0.5, 0.6) is 0 Å². The number of ether oxygens (including phenoxy) is 1. The lowest BCUT2D eigenvalue weighted by atomic mass is 10.1. The molecule has 112 valence electrons. The van der Waals surface area contributed by atoms with E-state index in [2.05, 4.69) is 0 Å². The topological polar surface area (TPSA) is 95.4 Å². The first-order chi connectivity index (χ1) is 10.1. The van der Waals surface area contributed by atoms with Gasteiger partial charge in [0.2, 0.25) is 0 Å². The van der Waals surface area contributed by atoms with Crippen molar-refractivity contribution in [3.63, 3.8) is 0 Å². The van der Waals surface area contributed by atoms with Crippen molar-refractivity contribution in [2.24, 2.45) is 11.5 Å². The fraction of sp³-hybridized carbons (Fsp3) is 0.286. The molecule has 5 nitrogen and oxygen atoms in total. The Bertz CT molecular complexity index is 529. The van der Waals surface area contributed by atoms with Crippen molar-refractivity contribution in [3.05, 3.63) is 44.8 Å². The Kier molecular flexibility index (Phi) is 5.63. The van der Waals surface area contributed by atoms with E-state index in [0.717, 1.165) is 10.4 Å². The molecule has 2 aromatic rings. The third-order valence-electron chi connectivity index (χ3n) is 2.84. The minimum absolute atomic E-state index is 0.343. The van der Waals surface area contributed by atoms with Crippen LogP contribution in [0.25, 0.3) is 0 Å². The van der Waals surface area contributed by atoms with Gasteiger partial charge in [0.15, 0.2) is 0 Å². The number of carbonyl (C=O) groups excluding carboxylic acids is 2. The molecule has 2 atom stereocenters. The summed E-state index contributed by atoms with van der Waals surface area (Å²) in [5.41, 5.74) is 12.4. The molecule has 0 bridgehead atoms. The molecular weight excluding hydrogens is 308 g/mol. The Balaban J connectivity index is 1.82. The molecule has 0 aliphatic rings. The summed E-state index contributed by atoms with van der Waals surface area (Å²) in [6.07, 6.45) is 0.694. The van der Waals surface area contributed by atoms with Gasteiger partial charge >= 0.3 is 11.9 Å². The summed E-state index contributed by atoms with van der Waals surface area (Å²) < 4.78 is 4.75. The van der Waals surface area contributed by atoms with Crippen molar-refractivity contribution in [2.45, 2.75) is 24.9 Å². The normalized spacial score (nSPS) is 13.6. The molecule has 0 spiro atoms. The van der Waals surface area contributed by atoms with Gasteiger partial charge in [-0.25, -0.2) is 9.59 Å². The van der Waals surface area contributed by atoms with Gasteiger partial charge in [-0.2, -0.15) is 11.3 Å². The second-order valence-corrected chi connectivity index (χ2v) is 6.38. The highest BCUT2D eigenvalue weighted by Crippen LogP contribution is 2.12. The van der Waals surface area contributed by atoms with Crippen LogP contribution < -0.4 is 11.5 Å². The summed E-state index contributed by atoms with van der Waals surface area (Å²) in [5, 5.41) is 5.70. The molecule has 0 amide bonds. The number of rotatable bonds is 6. The molecule has 0 unspecified atom stereocenters. The number of carbonyl (C=O) groups is 2. The van der Waals surface area contributed by atoms with Crippen LogP contribution in [0.2, 0.25) is 0 Å². The quantitative estimate of drug-likeness (QED) is 0.617. The highest BCUT2D eigenvalue weighted by atomic mass is 32.1. The van der Waals surface area contributed by atoms with E-state index in [4.69, 9.17) is 16.2 Å². The molecule has 21 heavy (non-hydrogen) atoms. The van der Waals surface area contributed by atoms with Crippen LogP contribution in [0.1, 0.15) is 10.4 Å². The van der Waals surface area contributed by atoms with Crippen molar-refractivity contribution in [3.8, 4) is 0 Å². The summed E-state index contributed by atoms with van der Waals surface area (Å²) >= 11 is 3.02. The Morgan fingerprint density at radius 1 is 1.10 bits per heavy atom. The van der Waals surface area contributed by atoms with Gasteiger partial charge in [0, 0.05) is 11.3 Å². The summed E-state index contributed by atoms with van der Waals surface area (Å²) in [6, 6.07) is 3.91. The van der Waals surface area contributed by atoms with E-state index < -0.39 is 24.0 Å². The first kappa shape index (κ1) is 15.8. The number of thiophene rings is 2.